The molecule has 0 aliphatic carbocycles. The second-order valence-electron chi connectivity index (χ2n) is 5.88. The summed E-state index contributed by atoms with van der Waals surface area (Å²) in [6.45, 7) is 2.68. The van der Waals surface area contributed by atoms with Gasteiger partial charge in [-0.05, 0) is 23.8 Å². The zero-order valence-electron chi connectivity index (χ0n) is 13.6. The summed E-state index contributed by atoms with van der Waals surface area (Å²) < 4.78 is 0. The fourth-order valence-corrected chi connectivity index (χ4v) is 3.89. The number of thiazole rings is 1. The molecule has 0 fully saturated rings. The van der Waals surface area contributed by atoms with Crippen LogP contribution in [0.1, 0.15) is 26.6 Å². The fraction of sp³-hybridized carbons (Fsp3) is 0.222. The third kappa shape index (κ3) is 3.72. The molecule has 0 unspecified atom stereocenters. The minimum Gasteiger partial charge on any atom is -0.296 e. The van der Waals surface area contributed by atoms with Gasteiger partial charge in [-0.3, -0.25) is 25.0 Å². The van der Waals surface area contributed by atoms with Crippen molar-refractivity contribution in [3.63, 3.8) is 0 Å². The summed E-state index contributed by atoms with van der Waals surface area (Å²) in [5.41, 5.74) is 2.69. The van der Waals surface area contributed by atoms with E-state index in [0.29, 0.717) is 10.8 Å². The lowest BCUT2D eigenvalue weighted by atomic mass is 10.1. The Bertz CT molecular complexity index is 866. The average Bonchev–Trinajstić information content (AvgIpc) is 3.05. The highest BCUT2D eigenvalue weighted by atomic mass is 32.1. The molecule has 3 aromatic rings. The lowest BCUT2D eigenvalue weighted by Gasteiger charge is -2.25. The molecule has 126 valence electrons. The van der Waals surface area contributed by atoms with E-state index in [4.69, 9.17) is 0 Å². The number of hydrogen-bond donors (Lipinski definition) is 1. The maximum atomic E-state index is 12.2. The van der Waals surface area contributed by atoms with Crippen molar-refractivity contribution in [3.05, 3.63) is 70.8 Å². The standard InChI is InChI=1S/C18H17N5OS/c24-17(15-5-1-2-8-20-15)22-18-21-14-6-9-23(12-16(14)25-18)11-13-4-3-7-19-10-13/h1-5,7-8,10H,6,9,11-12H2,(H,21,22,24). The van der Waals surface area contributed by atoms with Crippen molar-refractivity contribution in [2.24, 2.45) is 0 Å². The molecule has 4 rings (SSSR count). The molecule has 0 saturated carbocycles. The van der Waals surface area contributed by atoms with Gasteiger partial charge in [-0.1, -0.05) is 12.1 Å². The van der Waals surface area contributed by atoms with E-state index in [9.17, 15) is 4.79 Å². The number of hydrogen-bond acceptors (Lipinski definition) is 6. The molecular formula is C18H17N5OS. The second-order valence-corrected chi connectivity index (χ2v) is 6.96. The minimum atomic E-state index is -0.223. The topological polar surface area (TPSA) is 71.0 Å². The van der Waals surface area contributed by atoms with E-state index in [2.05, 4.69) is 31.2 Å². The van der Waals surface area contributed by atoms with Gasteiger partial charge in [-0.25, -0.2) is 4.98 Å². The van der Waals surface area contributed by atoms with E-state index < -0.39 is 0 Å². The quantitative estimate of drug-likeness (QED) is 0.783. The van der Waals surface area contributed by atoms with Gasteiger partial charge in [0.2, 0.25) is 0 Å². The number of carbonyl (C=O) groups is 1. The first kappa shape index (κ1) is 15.9. The van der Waals surface area contributed by atoms with Gasteiger partial charge >= 0.3 is 0 Å². The molecule has 7 heteroatoms. The zero-order chi connectivity index (χ0) is 17.1. The largest absolute Gasteiger partial charge is 0.296 e. The average molecular weight is 351 g/mol. The predicted octanol–water partition coefficient (Wildman–Crippen LogP) is 2.74. The molecule has 1 aliphatic heterocycles. The van der Waals surface area contributed by atoms with Crippen LogP contribution in [0.2, 0.25) is 0 Å². The summed E-state index contributed by atoms with van der Waals surface area (Å²) >= 11 is 1.54. The first-order valence-corrected chi connectivity index (χ1v) is 8.92. The SMILES string of the molecule is O=C(Nc1nc2c(s1)CN(Cc1cccnc1)CC2)c1ccccn1. The Kier molecular flexibility index (Phi) is 4.49. The molecule has 1 amide bonds. The van der Waals surface area contributed by atoms with Gasteiger partial charge in [0.15, 0.2) is 5.13 Å². The van der Waals surface area contributed by atoms with Gasteiger partial charge in [0.25, 0.3) is 5.91 Å². The Morgan fingerprint density at radius 2 is 2.20 bits per heavy atom. The number of pyridine rings is 2. The van der Waals surface area contributed by atoms with Crippen LogP contribution in [0.5, 0.6) is 0 Å². The van der Waals surface area contributed by atoms with Crippen molar-refractivity contribution < 1.29 is 4.79 Å². The highest BCUT2D eigenvalue weighted by Gasteiger charge is 2.21. The molecule has 0 spiro atoms. The van der Waals surface area contributed by atoms with Crippen molar-refractivity contribution in [3.8, 4) is 0 Å². The summed E-state index contributed by atoms with van der Waals surface area (Å²) in [5, 5.41) is 3.50. The lowest BCUT2D eigenvalue weighted by Crippen LogP contribution is -2.29. The summed E-state index contributed by atoms with van der Waals surface area (Å²) in [6, 6.07) is 9.33. The first-order valence-electron chi connectivity index (χ1n) is 8.10. The molecule has 0 radical (unpaired) electrons. The Morgan fingerprint density at radius 3 is 3.00 bits per heavy atom. The number of amides is 1. The number of carbonyl (C=O) groups excluding carboxylic acids is 1. The first-order chi connectivity index (χ1) is 12.3. The zero-order valence-corrected chi connectivity index (χ0v) is 14.4. The summed E-state index contributed by atoms with van der Waals surface area (Å²) in [6.07, 6.45) is 6.20. The highest BCUT2D eigenvalue weighted by Crippen LogP contribution is 2.29. The van der Waals surface area contributed by atoms with Crippen LogP contribution in [0.25, 0.3) is 0 Å². The molecule has 6 nitrogen and oxygen atoms in total. The number of fused-ring (bicyclic) bond motifs is 1. The number of nitrogens with one attached hydrogen (secondary N) is 1. The van der Waals surface area contributed by atoms with Crippen LogP contribution in [0, 0.1) is 0 Å². The van der Waals surface area contributed by atoms with Crippen molar-refractivity contribution in [2.75, 3.05) is 11.9 Å². The van der Waals surface area contributed by atoms with Crippen LogP contribution in [0.4, 0.5) is 5.13 Å². The van der Waals surface area contributed by atoms with Crippen LogP contribution >= 0.6 is 11.3 Å². The molecule has 0 bridgehead atoms. The third-order valence-electron chi connectivity index (χ3n) is 4.06. The normalized spacial score (nSPS) is 14.1. The number of aromatic nitrogens is 3. The smallest absolute Gasteiger partial charge is 0.276 e. The Balaban J connectivity index is 1.43. The Morgan fingerprint density at radius 1 is 1.24 bits per heavy atom. The van der Waals surface area contributed by atoms with E-state index in [1.165, 1.54) is 10.4 Å². The van der Waals surface area contributed by atoms with Crippen LogP contribution in [0.3, 0.4) is 0 Å². The van der Waals surface area contributed by atoms with Gasteiger partial charge in [0.05, 0.1) is 5.69 Å². The van der Waals surface area contributed by atoms with Crippen LogP contribution in [-0.2, 0) is 19.5 Å². The fourth-order valence-electron chi connectivity index (χ4n) is 2.84. The van der Waals surface area contributed by atoms with Crippen molar-refractivity contribution in [1.29, 1.82) is 0 Å². The van der Waals surface area contributed by atoms with Gasteiger partial charge < -0.3 is 0 Å². The molecule has 0 aromatic carbocycles. The lowest BCUT2D eigenvalue weighted by molar-refractivity contribution is 0.102. The molecule has 3 aromatic heterocycles. The Hall–Kier alpha value is -2.64. The van der Waals surface area contributed by atoms with E-state index in [-0.39, 0.29) is 5.91 Å². The molecular weight excluding hydrogens is 334 g/mol. The summed E-state index contributed by atoms with van der Waals surface area (Å²) in [7, 11) is 0. The Labute approximate surface area is 149 Å². The maximum absolute atomic E-state index is 12.2. The van der Waals surface area contributed by atoms with Crippen LogP contribution in [0.15, 0.2) is 48.9 Å². The monoisotopic (exact) mass is 351 g/mol. The van der Waals surface area contributed by atoms with Crippen LogP contribution in [-0.4, -0.2) is 32.3 Å². The van der Waals surface area contributed by atoms with Gasteiger partial charge in [-0.2, -0.15) is 0 Å². The number of rotatable bonds is 4. The van der Waals surface area contributed by atoms with Gasteiger partial charge in [0.1, 0.15) is 5.69 Å². The van der Waals surface area contributed by atoms with Gasteiger partial charge in [-0.15, -0.1) is 11.3 Å². The van der Waals surface area contributed by atoms with E-state index in [0.717, 1.165) is 31.7 Å². The van der Waals surface area contributed by atoms with Crippen molar-refractivity contribution in [2.45, 2.75) is 19.5 Å². The van der Waals surface area contributed by atoms with E-state index >= 15 is 0 Å². The maximum Gasteiger partial charge on any atom is 0.276 e. The van der Waals surface area contributed by atoms with E-state index in [1.54, 1.807) is 41.9 Å². The molecule has 1 aliphatic rings. The molecule has 25 heavy (non-hydrogen) atoms. The van der Waals surface area contributed by atoms with Gasteiger partial charge in [0, 0.05) is 49.5 Å². The van der Waals surface area contributed by atoms with Crippen molar-refractivity contribution >= 4 is 22.4 Å². The van der Waals surface area contributed by atoms with Crippen molar-refractivity contribution in [1.82, 2.24) is 19.9 Å². The third-order valence-corrected chi connectivity index (χ3v) is 5.06. The molecule has 1 N–H and O–H groups in total. The van der Waals surface area contributed by atoms with Crippen LogP contribution < -0.4 is 5.32 Å². The minimum absolute atomic E-state index is 0.223. The summed E-state index contributed by atoms with van der Waals surface area (Å²) in [4.78, 5) is 28.6. The highest BCUT2D eigenvalue weighted by molar-refractivity contribution is 7.15. The molecule has 4 heterocycles. The molecule has 0 saturated heterocycles. The second kappa shape index (κ2) is 7.08. The van der Waals surface area contributed by atoms with E-state index in [1.807, 2.05) is 12.3 Å². The molecule has 0 atom stereocenters. The number of nitrogens with zero attached hydrogens (tertiary/aromatic N) is 4. The number of anilines is 1. The predicted molar refractivity (Wildman–Crippen MR) is 96.4 cm³/mol. The summed E-state index contributed by atoms with van der Waals surface area (Å²) in [5.74, 6) is -0.223.